The fourth-order valence-electron chi connectivity index (χ4n) is 2.21. The first-order valence-electron chi connectivity index (χ1n) is 7.96. The maximum Gasteiger partial charge on any atom is 0.305 e. The second-order valence-electron chi connectivity index (χ2n) is 5.19. The molecule has 0 spiro atoms. The minimum Gasteiger partial charge on any atom is -0.466 e. The number of esters is 1. The van der Waals surface area contributed by atoms with Gasteiger partial charge in [-0.25, -0.2) is 4.98 Å². The van der Waals surface area contributed by atoms with Crippen molar-refractivity contribution < 1.29 is 14.3 Å². The first-order valence-corrected chi connectivity index (χ1v) is 8.77. The molecule has 1 heterocycles. The number of fused-ring (bicyclic) bond motifs is 1. The van der Waals surface area contributed by atoms with Crippen LogP contribution in [0.25, 0.3) is 10.2 Å². The van der Waals surface area contributed by atoms with Crippen molar-refractivity contribution in [2.24, 2.45) is 0 Å². The number of amides is 1. The predicted molar refractivity (Wildman–Crippen MR) is 91.4 cm³/mol. The molecule has 0 atom stereocenters. The van der Waals surface area contributed by atoms with Gasteiger partial charge in [-0.05, 0) is 38.3 Å². The van der Waals surface area contributed by atoms with Gasteiger partial charge in [-0.3, -0.25) is 9.59 Å². The lowest BCUT2D eigenvalue weighted by molar-refractivity contribution is -0.143. The Kier molecular flexibility index (Phi) is 7.00. The van der Waals surface area contributed by atoms with Crippen LogP contribution in [-0.4, -0.2) is 30.0 Å². The number of aryl methyl sites for hydroxylation is 1. The molecule has 5 nitrogen and oxygen atoms in total. The smallest absolute Gasteiger partial charge is 0.305 e. The number of ether oxygens (including phenoxy) is 1. The molecule has 1 aromatic heterocycles. The molecule has 0 saturated carbocycles. The number of benzene rings is 1. The summed E-state index contributed by atoms with van der Waals surface area (Å²) >= 11 is 1.68. The number of carbonyl (C=O) groups is 2. The molecule has 6 heteroatoms. The molecule has 0 radical (unpaired) electrons. The van der Waals surface area contributed by atoms with Crippen LogP contribution in [0.5, 0.6) is 0 Å². The zero-order chi connectivity index (χ0) is 16.5. The third-order valence-corrected chi connectivity index (χ3v) is 4.41. The average molecular weight is 334 g/mol. The Morgan fingerprint density at radius 2 is 2.04 bits per heavy atom. The topological polar surface area (TPSA) is 68.3 Å². The maximum atomic E-state index is 11.7. The van der Waals surface area contributed by atoms with Crippen LogP contribution in [0.15, 0.2) is 24.3 Å². The summed E-state index contributed by atoms with van der Waals surface area (Å²) in [6, 6.07) is 8.06. The van der Waals surface area contributed by atoms with Crippen LogP contribution >= 0.6 is 11.3 Å². The van der Waals surface area contributed by atoms with Crippen molar-refractivity contribution in [1.82, 2.24) is 10.3 Å². The highest BCUT2D eigenvalue weighted by Gasteiger charge is 2.06. The molecular formula is C17H22N2O3S. The van der Waals surface area contributed by atoms with E-state index in [-0.39, 0.29) is 11.9 Å². The third-order valence-electron chi connectivity index (χ3n) is 3.32. The first-order chi connectivity index (χ1) is 11.2. The van der Waals surface area contributed by atoms with E-state index in [1.807, 2.05) is 18.2 Å². The highest BCUT2D eigenvalue weighted by molar-refractivity contribution is 7.18. The molecule has 124 valence electrons. The molecule has 1 N–H and O–H groups in total. The molecule has 0 aliphatic carbocycles. The lowest BCUT2D eigenvalue weighted by Gasteiger charge is -2.04. The number of nitrogens with one attached hydrogen (secondary N) is 1. The Morgan fingerprint density at radius 1 is 1.22 bits per heavy atom. The Labute approximate surface area is 140 Å². The Hall–Kier alpha value is -1.95. The van der Waals surface area contributed by atoms with E-state index in [9.17, 15) is 9.59 Å². The van der Waals surface area contributed by atoms with Crippen molar-refractivity contribution in [1.29, 1.82) is 0 Å². The first kappa shape index (κ1) is 17.4. The molecule has 2 aromatic rings. The standard InChI is InChI=1S/C17H22N2O3S/c1-2-22-17(21)11-6-12-18-15(20)9-5-10-16-19-13-7-3-4-8-14(13)23-16/h3-4,7-8H,2,5-6,9-12H2,1H3,(H,18,20). The number of hydrogen-bond acceptors (Lipinski definition) is 5. The van der Waals surface area contributed by atoms with Gasteiger partial charge in [-0.15, -0.1) is 11.3 Å². The summed E-state index contributed by atoms with van der Waals surface area (Å²) in [6.45, 7) is 2.70. The van der Waals surface area contributed by atoms with Crippen LogP contribution in [0.3, 0.4) is 0 Å². The normalized spacial score (nSPS) is 10.7. The number of para-hydroxylation sites is 1. The molecule has 23 heavy (non-hydrogen) atoms. The van der Waals surface area contributed by atoms with E-state index in [1.54, 1.807) is 18.3 Å². The summed E-state index contributed by atoms with van der Waals surface area (Å²) < 4.78 is 6.02. The minimum atomic E-state index is -0.211. The van der Waals surface area contributed by atoms with Gasteiger partial charge in [0.1, 0.15) is 0 Å². The van der Waals surface area contributed by atoms with E-state index in [0.717, 1.165) is 23.4 Å². The van der Waals surface area contributed by atoms with Gasteiger partial charge in [0.2, 0.25) is 5.91 Å². The van der Waals surface area contributed by atoms with Gasteiger partial charge in [0.25, 0.3) is 0 Å². The number of aromatic nitrogens is 1. The molecule has 0 aliphatic rings. The quantitative estimate of drug-likeness (QED) is 0.565. The van der Waals surface area contributed by atoms with Crippen LogP contribution in [0.2, 0.25) is 0 Å². The summed E-state index contributed by atoms with van der Waals surface area (Å²) in [5.74, 6) is -0.187. The number of rotatable bonds is 9. The molecule has 1 aromatic carbocycles. The van der Waals surface area contributed by atoms with E-state index in [2.05, 4.69) is 16.4 Å². The minimum absolute atomic E-state index is 0.0231. The molecule has 0 fully saturated rings. The van der Waals surface area contributed by atoms with Crippen molar-refractivity contribution in [2.75, 3.05) is 13.2 Å². The lowest BCUT2D eigenvalue weighted by Crippen LogP contribution is -2.24. The molecule has 0 unspecified atom stereocenters. The van der Waals surface area contributed by atoms with E-state index < -0.39 is 0 Å². The van der Waals surface area contributed by atoms with Crippen LogP contribution in [-0.2, 0) is 20.7 Å². The summed E-state index contributed by atoms with van der Waals surface area (Å²) in [6.07, 6.45) is 3.04. The monoisotopic (exact) mass is 334 g/mol. The largest absolute Gasteiger partial charge is 0.466 e. The van der Waals surface area contributed by atoms with Gasteiger partial charge in [-0.1, -0.05) is 12.1 Å². The summed E-state index contributed by atoms with van der Waals surface area (Å²) in [5.41, 5.74) is 1.02. The fraction of sp³-hybridized carbons (Fsp3) is 0.471. The van der Waals surface area contributed by atoms with Crippen molar-refractivity contribution in [3.8, 4) is 0 Å². The Balaban J connectivity index is 1.60. The van der Waals surface area contributed by atoms with Crippen molar-refractivity contribution >= 4 is 33.4 Å². The van der Waals surface area contributed by atoms with Crippen molar-refractivity contribution in [2.45, 2.75) is 39.0 Å². The highest BCUT2D eigenvalue weighted by atomic mass is 32.1. The van der Waals surface area contributed by atoms with E-state index in [0.29, 0.717) is 32.4 Å². The number of nitrogens with zero attached hydrogens (tertiary/aromatic N) is 1. The summed E-state index contributed by atoms with van der Waals surface area (Å²) in [7, 11) is 0. The predicted octanol–water partition coefficient (Wildman–Crippen LogP) is 3.08. The van der Waals surface area contributed by atoms with Crippen LogP contribution in [0.1, 0.15) is 37.6 Å². The van der Waals surface area contributed by atoms with E-state index in [4.69, 9.17) is 4.74 Å². The van der Waals surface area contributed by atoms with Gasteiger partial charge in [0.15, 0.2) is 0 Å². The third kappa shape index (κ3) is 5.98. The summed E-state index contributed by atoms with van der Waals surface area (Å²) in [5, 5.41) is 3.90. The van der Waals surface area contributed by atoms with E-state index >= 15 is 0 Å². The van der Waals surface area contributed by atoms with Gasteiger partial charge < -0.3 is 10.1 Å². The Bertz CT molecular complexity index is 621. The molecule has 0 saturated heterocycles. The number of hydrogen-bond donors (Lipinski definition) is 1. The molecule has 0 bridgehead atoms. The highest BCUT2D eigenvalue weighted by Crippen LogP contribution is 2.22. The fourth-order valence-corrected chi connectivity index (χ4v) is 3.22. The van der Waals surface area contributed by atoms with E-state index in [1.165, 1.54) is 4.70 Å². The second-order valence-corrected chi connectivity index (χ2v) is 6.30. The number of thiazole rings is 1. The van der Waals surface area contributed by atoms with Gasteiger partial charge in [0.05, 0.1) is 21.8 Å². The second kappa shape index (κ2) is 9.25. The molecule has 2 rings (SSSR count). The van der Waals surface area contributed by atoms with Crippen molar-refractivity contribution in [3.05, 3.63) is 29.3 Å². The summed E-state index contributed by atoms with van der Waals surface area (Å²) in [4.78, 5) is 27.4. The SMILES string of the molecule is CCOC(=O)CCCNC(=O)CCCc1nc2ccccc2s1. The number of carbonyl (C=O) groups excluding carboxylic acids is 2. The lowest BCUT2D eigenvalue weighted by atomic mass is 10.2. The van der Waals surface area contributed by atoms with Gasteiger partial charge >= 0.3 is 5.97 Å². The zero-order valence-electron chi connectivity index (χ0n) is 13.3. The van der Waals surface area contributed by atoms with Gasteiger partial charge in [-0.2, -0.15) is 0 Å². The maximum absolute atomic E-state index is 11.7. The van der Waals surface area contributed by atoms with Crippen LogP contribution < -0.4 is 5.32 Å². The molecular weight excluding hydrogens is 312 g/mol. The van der Waals surface area contributed by atoms with Crippen LogP contribution in [0.4, 0.5) is 0 Å². The van der Waals surface area contributed by atoms with Crippen molar-refractivity contribution in [3.63, 3.8) is 0 Å². The zero-order valence-corrected chi connectivity index (χ0v) is 14.2. The van der Waals surface area contributed by atoms with Crippen LogP contribution in [0, 0.1) is 0 Å². The average Bonchev–Trinajstić information content (AvgIpc) is 2.94. The Morgan fingerprint density at radius 3 is 2.83 bits per heavy atom. The molecule has 0 aliphatic heterocycles. The molecule has 1 amide bonds. The van der Waals surface area contributed by atoms with Gasteiger partial charge in [0, 0.05) is 19.4 Å².